The lowest BCUT2D eigenvalue weighted by atomic mass is 10.1. The molecule has 0 saturated carbocycles. The van der Waals surface area contributed by atoms with Crippen molar-refractivity contribution in [3.05, 3.63) is 42.7 Å². The molecule has 2 aromatic rings. The highest BCUT2D eigenvalue weighted by Gasteiger charge is 2.19. The zero-order valence-corrected chi connectivity index (χ0v) is 12.5. The van der Waals surface area contributed by atoms with E-state index in [0.717, 1.165) is 17.3 Å². The molecule has 0 aromatic heterocycles. The maximum Gasteiger partial charge on any atom is 0.0276 e. The number of rotatable bonds is 0. The van der Waals surface area contributed by atoms with Gasteiger partial charge in [0.05, 0.1) is 0 Å². The van der Waals surface area contributed by atoms with Crippen molar-refractivity contribution in [2.24, 2.45) is 0 Å². The molecule has 0 unspecified atom stereocenters. The maximum atomic E-state index is 3.64. The van der Waals surface area contributed by atoms with E-state index in [1.807, 2.05) is 0 Å². The number of benzene rings is 2. The van der Waals surface area contributed by atoms with Crippen LogP contribution in [0.1, 0.15) is 11.1 Å². The molecule has 3 heteroatoms. The molecule has 0 spiro atoms. The Labute approximate surface area is 113 Å². The second-order valence-corrected chi connectivity index (χ2v) is 6.34. The van der Waals surface area contributed by atoms with E-state index in [1.54, 1.807) is 0 Å². The lowest BCUT2D eigenvalue weighted by molar-refractivity contribution is 1.02. The molecule has 2 aromatic carbocycles. The molecule has 0 aliphatic heterocycles. The van der Waals surface area contributed by atoms with Gasteiger partial charge in [0.15, 0.2) is 0 Å². The predicted molar refractivity (Wildman–Crippen MR) is 74.5 cm³/mol. The fourth-order valence-corrected chi connectivity index (χ4v) is 4.68. The van der Waals surface area contributed by atoms with E-state index in [2.05, 4.69) is 66.0 Å². The minimum absolute atomic E-state index is 1.15. The summed E-state index contributed by atoms with van der Waals surface area (Å²) in [6.07, 6.45) is 2.31. The van der Waals surface area contributed by atoms with Crippen LogP contribution in [0, 0.1) is 0 Å². The molecule has 15 heavy (non-hydrogen) atoms. The molecule has 0 N–H and O–H groups in total. The Morgan fingerprint density at radius 1 is 0.800 bits per heavy atom. The van der Waals surface area contributed by atoms with E-state index in [0.29, 0.717) is 0 Å². The van der Waals surface area contributed by atoms with Crippen LogP contribution in [0.2, 0.25) is 0 Å². The van der Waals surface area contributed by atoms with Gasteiger partial charge < -0.3 is 0 Å². The van der Waals surface area contributed by atoms with Crippen LogP contribution in [-0.4, -0.2) is 0 Å². The van der Waals surface area contributed by atoms with E-state index < -0.39 is 0 Å². The number of halogens is 3. The molecule has 0 atom stereocenters. The lowest BCUT2D eigenvalue weighted by Gasteiger charge is -2.08. The normalized spacial score (nSPS) is 13.8. The quantitative estimate of drug-likeness (QED) is 0.578. The standard InChI is InChI=1S/C12H7Br3/c13-8-4-2-6-1-3-7-9(14)5-10(15)12(8)11(6)7/h2,4-5H,1,3H2. The van der Waals surface area contributed by atoms with E-state index in [4.69, 9.17) is 0 Å². The molecule has 1 aliphatic rings. The lowest BCUT2D eigenvalue weighted by Crippen LogP contribution is -1.84. The summed E-state index contributed by atoms with van der Waals surface area (Å²) in [5, 5.41) is 2.73. The summed E-state index contributed by atoms with van der Waals surface area (Å²) in [6, 6.07) is 6.52. The van der Waals surface area contributed by atoms with Gasteiger partial charge in [-0.3, -0.25) is 0 Å². The largest absolute Gasteiger partial charge is 0.0573 e. The van der Waals surface area contributed by atoms with E-state index in [-0.39, 0.29) is 0 Å². The fourth-order valence-electron chi connectivity index (χ4n) is 2.30. The third-order valence-electron chi connectivity index (χ3n) is 2.97. The second-order valence-electron chi connectivity index (χ2n) is 3.78. The van der Waals surface area contributed by atoms with Crippen molar-refractivity contribution in [1.82, 2.24) is 0 Å². The number of hydrogen-bond acceptors (Lipinski definition) is 0. The van der Waals surface area contributed by atoms with Gasteiger partial charge in [-0.25, -0.2) is 0 Å². The smallest absolute Gasteiger partial charge is 0.0276 e. The summed E-state index contributed by atoms with van der Waals surface area (Å²) in [5.74, 6) is 0. The van der Waals surface area contributed by atoms with Gasteiger partial charge in [0.2, 0.25) is 0 Å². The van der Waals surface area contributed by atoms with Crippen molar-refractivity contribution in [2.45, 2.75) is 12.8 Å². The molecule has 0 radical (unpaired) electrons. The van der Waals surface area contributed by atoms with Crippen molar-refractivity contribution in [2.75, 3.05) is 0 Å². The van der Waals surface area contributed by atoms with E-state index in [9.17, 15) is 0 Å². The SMILES string of the molecule is Brc1cc(Br)c2c(Br)ccc3c2c1CC3. The van der Waals surface area contributed by atoms with Crippen molar-refractivity contribution in [3.8, 4) is 0 Å². The highest BCUT2D eigenvalue weighted by Crippen LogP contribution is 2.42. The molecule has 0 bridgehead atoms. The van der Waals surface area contributed by atoms with Crippen LogP contribution in [0.4, 0.5) is 0 Å². The van der Waals surface area contributed by atoms with Gasteiger partial charge >= 0.3 is 0 Å². The molecule has 0 amide bonds. The van der Waals surface area contributed by atoms with Gasteiger partial charge in [-0.15, -0.1) is 0 Å². The van der Waals surface area contributed by atoms with Crippen molar-refractivity contribution in [1.29, 1.82) is 0 Å². The summed E-state index contributed by atoms with van der Waals surface area (Å²) >= 11 is 10.9. The summed E-state index contributed by atoms with van der Waals surface area (Å²) in [5.41, 5.74) is 2.91. The van der Waals surface area contributed by atoms with Crippen LogP contribution >= 0.6 is 47.8 Å². The molecular formula is C12H7Br3. The Balaban J connectivity index is 2.60. The maximum absolute atomic E-state index is 3.64. The summed E-state index contributed by atoms with van der Waals surface area (Å²) in [7, 11) is 0. The number of aryl methyl sites for hydroxylation is 2. The fraction of sp³-hybridized carbons (Fsp3) is 0.167. The molecule has 3 rings (SSSR count). The van der Waals surface area contributed by atoms with Crippen LogP contribution in [0.3, 0.4) is 0 Å². The topological polar surface area (TPSA) is 0 Å². The third kappa shape index (κ3) is 1.43. The number of hydrogen-bond donors (Lipinski definition) is 0. The van der Waals surface area contributed by atoms with E-state index >= 15 is 0 Å². The van der Waals surface area contributed by atoms with Gasteiger partial charge in [-0.05, 0) is 41.5 Å². The molecule has 0 heterocycles. The van der Waals surface area contributed by atoms with Gasteiger partial charge in [0, 0.05) is 18.8 Å². The zero-order chi connectivity index (χ0) is 10.6. The van der Waals surface area contributed by atoms with Crippen LogP contribution in [-0.2, 0) is 12.8 Å². The highest BCUT2D eigenvalue weighted by molar-refractivity contribution is 9.11. The predicted octanol–water partition coefficient (Wildman–Crippen LogP) is 5.23. The first kappa shape index (κ1) is 10.3. The molecule has 76 valence electrons. The van der Waals surface area contributed by atoms with E-state index in [1.165, 1.54) is 30.8 Å². The minimum Gasteiger partial charge on any atom is -0.0573 e. The Hall–Kier alpha value is 0.140. The molecule has 0 nitrogen and oxygen atoms in total. The minimum atomic E-state index is 1.15. The Bertz CT molecular complexity index is 573. The molecule has 0 saturated heterocycles. The third-order valence-corrected chi connectivity index (χ3v) is 4.96. The highest BCUT2D eigenvalue weighted by atomic mass is 79.9. The van der Waals surface area contributed by atoms with Gasteiger partial charge in [-0.2, -0.15) is 0 Å². The Kier molecular flexibility index (Phi) is 2.45. The van der Waals surface area contributed by atoms with Crippen LogP contribution in [0.15, 0.2) is 31.6 Å². The van der Waals surface area contributed by atoms with Crippen LogP contribution in [0.25, 0.3) is 10.8 Å². The molecule has 0 fully saturated rings. The van der Waals surface area contributed by atoms with Crippen LogP contribution < -0.4 is 0 Å². The molecular weight excluding hydrogens is 384 g/mol. The van der Waals surface area contributed by atoms with Crippen molar-refractivity contribution >= 4 is 58.6 Å². The van der Waals surface area contributed by atoms with Crippen LogP contribution in [0.5, 0.6) is 0 Å². The van der Waals surface area contributed by atoms with Crippen molar-refractivity contribution in [3.63, 3.8) is 0 Å². The second kappa shape index (κ2) is 3.57. The van der Waals surface area contributed by atoms with Gasteiger partial charge in [0.1, 0.15) is 0 Å². The van der Waals surface area contributed by atoms with Gasteiger partial charge in [-0.1, -0.05) is 53.9 Å². The first-order valence-corrected chi connectivity index (χ1v) is 7.14. The summed E-state index contributed by atoms with van der Waals surface area (Å²) in [4.78, 5) is 0. The Morgan fingerprint density at radius 3 is 2.40 bits per heavy atom. The average molecular weight is 391 g/mol. The van der Waals surface area contributed by atoms with Crippen molar-refractivity contribution < 1.29 is 0 Å². The first-order chi connectivity index (χ1) is 7.18. The monoisotopic (exact) mass is 388 g/mol. The summed E-state index contributed by atoms with van der Waals surface area (Å²) in [6.45, 7) is 0. The molecule has 1 aliphatic carbocycles. The van der Waals surface area contributed by atoms with Gasteiger partial charge in [0.25, 0.3) is 0 Å². The Morgan fingerprint density at radius 2 is 1.60 bits per heavy atom. The zero-order valence-electron chi connectivity index (χ0n) is 7.78. The first-order valence-electron chi connectivity index (χ1n) is 4.76. The average Bonchev–Trinajstić information content (AvgIpc) is 2.60. The summed E-state index contributed by atoms with van der Waals surface area (Å²) < 4.78 is 3.55.